The van der Waals surface area contributed by atoms with Gasteiger partial charge in [-0.3, -0.25) is 9.69 Å². The fourth-order valence-electron chi connectivity index (χ4n) is 3.84. The largest absolute Gasteiger partial charge is 0.374 e. The van der Waals surface area contributed by atoms with Crippen LogP contribution in [0.5, 0.6) is 0 Å². The molecule has 0 radical (unpaired) electrons. The number of amides is 1. The quantitative estimate of drug-likeness (QED) is 0.792. The van der Waals surface area contributed by atoms with E-state index in [4.69, 9.17) is 4.74 Å². The van der Waals surface area contributed by atoms with Crippen LogP contribution in [0.25, 0.3) is 0 Å². The van der Waals surface area contributed by atoms with E-state index >= 15 is 0 Å². The van der Waals surface area contributed by atoms with Gasteiger partial charge in [-0.1, -0.05) is 0 Å². The Labute approximate surface area is 131 Å². The van der Waals surface area contributed by atoms with Crippen molar-refractivity contribution in [3.63, 3.8) is 0 Å². The van der Waals surface area contributed by atoms with Crippen LogP contribution in [0.3, 0.4) is 0 Å². The third kappa shape index (κ3) is 3.38. The summed E-state index contributed by atoms with van der Waals surface area (Å²) in [5, 5.41) is 6.36. The second kappa shape index (κ2) is 6.86. The molecule has 21 heavy (non-hydrogen) atoms. The normalized spacial score (nSPS) is 37.8. The molecule has 3 heterocycles. The van der Waals surface area contributed by atoms with Gasteiger partial charge in [-0.15, -0.1) is 0 Å². The van der Waals surface area contributed by atoms with Gasteiger partial charge in [0.1, 0.15) is 6.04 Å². The number of likely N-dealkylation sites (N-methyl/N-ethyl adjacent to an activating group) is 1. The number of hydrogen-bond acceptors (Lipinski definition) is 5. The van der Waals surface area contributed by atoms with Gasteiger partial charge in [0.15, 0.2) is 0 Å². The van der Waals surface area contributed by atoms with E-state index in [0.29, 0.717) is 12.6 Å². The van der Waals surface area contributed by atoms with E-state index in [1.54, 1.807) is 0 Å². The fourth-order valence-corrected chi connectivity index (χ4v) is 5.22. The fraction of sp³-hybridized carbons (Fsp3) is 0.933. The average Bonchev–Trinajstić information content (AvgIpc) is 2.95. The van der Waals surface area contributed by atoms with Crippen molar-refractivity contribution >= 4 is 17.7 Å². The monoisotopic (exact) mass is 313 g/mol. The van der Waals surface area contributed by atoms with Crippen LogP contribution in [0, 0.1) is 0 Å². The molecule has 3 saturated heterocycles. The van der Waals surface area contributed by atoms with Crippen LogP contribution in [-0.2, 0) is 9.53 Å². The molecule has 3 aliphatic rings. The SMILES string of the molecule is CCNC(=O)C1CNCCN1C1CCOC2(CCSC2)C1. The summed E-state index contributed by atoms with van der Waals surface area (Å²) >= 11 is 2.01. The standard InChI is InChI=1S/C15H27N3O2S/c1-2-17-14(19)13-10-16-5-6-18(13)12-3-7-20-15(9-12)4-8-21-11-15/h12-13,16H,2-11H2,1H3,(H,17,19). The lowest BCUT2D eigenvalue weighted by Gasteiger charge is -2.46. The van der Waals surface area contributed by atoms with Gasteiger partial charge in [-0.05, 0) is 31.9 Å². The summed E-state index contributed by atoms with van der Waals surface area (Å²) in [4.78, 5) is 14.8. The lowest BCUT2D eigenvalue weighted by molar-refractivity contribution is -0.133. The predicted octanol–water partition coefficient (Wildman–Crippen LogP) is 0.451. The number of rotatable bonds is 3. The highest BCUT2D eigenvalue weighted by atomic mass is 32.2. The summed E-state index contributed by atoms with van der Waals surface area (Å²) in [6.07, 6.45) is 3.32. The first kappa shape index (κ1) is 15.6. The van der Waals surface area contributed by atoms with Crippen molar-refractivity contribution in [2.45, 2.75) is 43.9 Å². The van der Waals surface area contributed by atoms with Gasteiger partial charge in [0.2, 0.25) is 5.91 Å². The molecule has 0 aromatic carbocycles. The number of thioether (sulfide) groups is 1. The smallest absolute Gasteiger partial charge is 0.238 e. The van der Waals surface area contributed by atoms with E-state index in [2.05, 4.69) is 15.5 Å². The second-order valence-corrected chi connectivity index (χ2v) is 7.44. The third-order valence-electron chi connectivity index (χ3n) is 4.94. The molecule has 3 rings (SSSR count). The van der Waals surface area contributed by atoms with Crippen molar-refractivity contribution in [2.75, 3.05) is 44.3 Å². The summed E-state index contributed by atoms with van der Waals surface area (Å²) in [6, 6.07) is 0.472. The number of nitrogens with one attached hydrogen (secondary N) is 2. The molecular weight excluding hydrogens is 286 g/mol. The molecule has 5 nitrogen and oxygen atoms in total. The molecule has 120 valence electrons. The van der Waals surface area contributed by atoms with Gasteiger partial charge < -0.3 is 15.4 Å². The minimum absolute atomic E-state index is 0.0205. The lowest BCUT2D eigenvalue weighted by atomic mass is 9.88. The van der Waals surface area contributed by atoms with Gasteiger partial charge in [0.25, 0.3) is 0 Å². The zero-order chi connectivity index (χ0) is 14.7. The van der Waals surface area contributed by atoms with Gasteiger partial charge in [-0.25, -0.2) is 0 Å². The van der Waals surface area contributed by atoms with E-state index in [1.165, 1.54) is 12.2 Å². The Kier molecular flexibility index (Phi) is 5.09. The van der Waals surface area contributed by atoms with Gasteiger partial charge in [0.05, 0.1) is 5.60 Å². The lowest BCUT2D eigenvalue weighted by Crippen LogP contribution is -2.62. The summed E-state index contributed by atoms with van der Waals surface area (Å²) < 4.78 is 6.13. The van der Waals surface area contributed by atoms with Crippen molar-refractivity contribution < 1.29 is 9.53 Å². The molecule has 3 fully saturated rings. The maximum atomic E-state index is 12.3. The first-order valence-corrected chi connectivity index (χ1v) is 9.35. The molecule has 0 bridgehead atoms. The number of nitrogens with zero attached hydrogens (tertiary/aromatic N) is 1. The summed E-state index contributed by atoms with van der Waals surface area (Å²) in [6.45, 7) is 6.25. The Morgan fingerprint density at radius 2 is 2.48 bits per heavy atom. The summed E-state index contributed by atoms with van der Waals surface area (Å²) in [5.74, 6) is 2.51. The van der Waals surface area contributed by atoms with Crippen molar-refractivity contribution in [2.24, 2.45) is 0 Å². The maximum Gasteiger partial charge on any atom is 0.238 e. The van der Waals surface area contributed by atoms with E-state index in [9.17, 15) is 4.79 Å². The highest BCUT2D eigenvalue weighted by Gasteiger charge is 2.44. The van der Waals surface area contributed by atoms with Crippen molar-refractivity contribution in [3.05, 3.63) is 0 Å². The minimum Gasteiger partial charge on any atom is -0.374 e. The topological polar surface area (TPSA) is 53.6 Å². The molecule has 0 aromatic rings. The average molecular weight is 313 g/mol. The Bertz CT molecular complexity index is 374. The number of hydrogen-bond donors (Lipinski definition) is 2. The molecule has 0 saturated carbocycles. The first-order valence-electron chi connectivity index (χ1n) is 8.20. The van der Waals surface area contributed by atoms with Crippen molar-refractivity contribution in [1.29, 1.82) is 0 Å². The zero-order valence-electron chi connectivity index (χ0n) is 12.9. The van der Waals surface area contributed by atoms with Crippen molar-refractivity contribution in [1.82, 2.24) is 15.5 Å². The Morgan fingerprint density at radius 3 is 3.24 bits per heavy atom. The number of piperazine rings is 1. The van der Waals surface area contributed by atoms with Crippen LogP contribution < -0.4 is 10.6 Å². The van der Waals surface area contributed by atoms with E-state index in [0.717, 1.165) is 44.8 Å². The highest BCUT2D eigenvalue weighted by Crippen LogP contribution is 2.40. The molecule has 3 atom stereocenters. The van der Waals surface area contributed by atoms with Gasteiger partial charge >= 0.3 is 0 Å². The van der Waals surface area contributed by atoms with Crippen LogP contribution in [0.2, 0.25) is 0 Å². The Morgan fingerprint density at radius 1 is 1.57 bits per heavy atom. The van der Waals surface area contributed by atoms with Crippen LogP contribution in [0.1, 0.15) is 26.2 Å². The Balaban J connectivity index is 1.69. The third-order valence-corrected chi connectivity index (χ3v) is 6.16. The maximum absolute atomic E-state index is 12.3. The van der Waals surface area contributed by atoms with Crippen LogP contribution in [-0.4, -0.2) is 72.8 Å². The summed E-state index contributed by atoms with van der Waals surface area (Å²) in [7, 11) is 0. The number of ether oxygens (including phenoxy) is 1. The molecule has 1 spiro atoms. The minimum atomic E-state index is -0.0205. The molecule has 3 unspecified atom stereocenters. The number of carbonyl (C=O) groups is 1. The predicted molar refractivity (Wildman–Crippen MR) is 85.7 cm³/mol. The van der Waals surface area contributed by atoms with Crippen molar-refractivity contribution in [3.8, 4) is 0 Å². The molecule has 1 amide bonds. The molecule has 0 aromatic heterocycles. The molecule has 0 aliphatic carbocycles. The highest BCUT2D eigenvalue weighted by molar-refractivity contribution is 7.99. The van der Waals surface area contributed by atoms with Crippen LogP contribution in [0.15, 0.2) is 0 Å². The zero-order valence-corrected chi connectivity index (χ0v) is 13.7. The van der Waals surface area contributed by atoms with E-state index < -0.39 is 0 Å². The summed E-state index contributed by atoms with van der Waals surface area (Å²) in [5.41, 5.74) is 0.0875. The first-order chi connectivity index (χ1) is 10.2. The Hall–Kier alpha value is -0.300. The molecular formula is C15H27N3O2S. The van der Waals surface area contributed by atoms with Crippen LogP contribution in [0.4, 0.5) is 0 Å². The van der Waals surface area contributed by atoms with Gasteiger partial charge in [-0.2, -0.15) is 11.8 Å². The number of carbonyl (C=O) groups excluding carboxylic acids is 1. The van der Waals surface area contributed by atoms with Crippen LogP contribution >= 0.6 is 11.8 Å². The van der Waals surface area contributed by atoms with E-state index in [1.807, 2.05) is 18.7 Å². The van der Waals surface area contributed by atoms with E-state index in [-0.39, 0.29) is 17.6 Å². The molecule has 2 N–H and O–H groups in total. The molecule has 3 aliphatic heterocycles. The second-order valence-electron chi connectivity index (χ2n) is 6.33. The molecule has 6 heteroatoms. The van der Waals surface area contributed by atoms with Gasteiger partial charge in [0, 0.05) is 44.6 Å².